The third-order valence-electron chi connectivity index (χ3n) is 5.47. The van der Waals surface area contributed by atoms with Crippen LogP contribution in [0.2, 0.25) is 0 Å². The topological polar surface area (TPSA) is 36.1 Å². The van der Waals surface area contributed by atoms with Gasteiger partial charge in [-0.3, -0.25) is 0 Å². The molecule has 0 saturated carbocycles. The standard InChI is InChI=1S/C26H41N3.2BrH.Co/c1-17(2)23-15-20(6)16-24(18(3)4)26(23)29-12-10-27-9-11-28-25-21(7)13-19(5)14-22(25)8;;;/h13-18,27-29H,9-12H2,1-8H3;2*1H;/q;;;+2/p-2. The Kier molecular flexibility index (Phi) is 17.0. The quantitative estimate of drug-likeness (QED) is 0.337. The van der Waals surface area contributed by atoms with E-state index < -0.39 is 0 Å². The molecule has 0 fully saturated rings. The maximum Gasteiger partial charge on any atom is 2.00 e. The summed E-state index contributed by atoms with van der Waals surface area (Å²) in [7, 11) is 0. The average molecular weight is 614 g/mol. The molecule has 6 heteroatoms. The Bertz CT molecular complexity index is 771. The molecule has 0 heterocycles. The molecule has 0 bridgehead atoms. The number of anilines is 2. The van der Waals surface area contributed by atoms with Gasteiger partial charge in [0, 0.05) is 37.6 Å². The SMILES string of the molecule is Cc1cc(C)c(NCCNCCNc2c(C(C)C)cc(C)cc2C(C)C)c(C)c1.[Br-].[Br-].[Co+2]. The van der Waals surface area contributed by atoms with Gasteiger partial charge in [0.05, 0.1) is 0 Å². The van der Waals surface area contributed by atoms with Crippen molar-refractivity contribution in [1.29, 1.82) is 0 Å². The van der Waals surface area contributed by atoms with Crippen molar-refractivity contribution in [2.75, 3.05) is 36.8 Å². The number of hydrogen-bond donors (Lipinski definition) is 3. The summed E-state index contributed by atoms with van der Waals surface area (Å²) in [5.74, 6) is 1.04. The van der Waals surface area contributed by atoms with Crippen LogP contribution in [0.3, 0.4) is 0 Å². The van der Waals surface area contributed by atoms with Crippen LogP contribution < -0.4 is 49.9 Å². The first kappa shape index (κ1) is 33.6. The van der Waals surface area contributed by atoms with E-state index in [1.54, 1.807) is 0 Å². The summed E-state index contributed by atoms with van der Waals surface area (Å²) in [6.07, 6.45) is 0. The third kappa shape index (κ3) is 9.76. The van der Waals surface area contributed by atoms with Crippen LogP contribution in [0.15, 0.2) is 24.3 Å². The molecule has 3 nitrogen and oxygen atoms in total. The van der Waals surface area contributed by atoms with Gasteiger partial charge in [-0.25, -0.2) is 0 Å². The molecule has 0 aliphatic carbocycles. The summed E-state index contributed by atoms with van der Waals surface area (Å²) >= 11 is 0. The summed E-state index contributed by atoms with van der Waals surface area (Å²) in [6, 6.07) is 9.16. The number of hydrogen-bond acceptors (Lipinski definition) is 3. The van der Waals surface area contributed by atoms with E-state index in [1.165, 1.54) is 44.8 Å². The van der Waals surface area contributed by atoms with Crippen molar-refractivity contribution in [2.45, 2.75) is 67.2 Å². The van der Waals surface area contributed by atoms with Gasteiger partial charge in [-0.1, -0.05) is 63.1 Å². The summed E-state index contributed by atoms with van der Waals surface area (Å²) in [5.41, 5.74) is 10.8. The fraction of sp³-hybridized carbons (Fsp3) is 0.538. The van der Waals surface area contributed by atoms with Crippen molar-refractivity contribution in [3.63, 3.8) is 0 Å². The summed E-state index contributed by atoms with van der Waals surface area (Å²) in [5, 5.41) is 10.9. The zero-order valence-corrected chi connectivity index (χ0v) is 25.1. The first-order chi connectivity index (χ1) is 13.7. The van der Waals surface area contributed by atoms with E-state index in [2.05, 4.69) is 95.6 Å². The second kappa shape index (κ2) is 16.2. The van der Waals surface area contributed by atoms with E-state index in [1.807, 2.05) is 0 Å². The maximum atomic E-state index is 3.72. The number of aryl methyl sites for hydroxylation is 4. The first-order valence-electron chi connectivity index (χ1n) is 11.1. The molecule has 0 amide bonds. The van der Waals surface area contributed by atoms with Gasteiger partial charge in [-0.2, -0.15) is 0 Å². The van der Waals surface area contributed by atoms with Crippen molar-refractivity contribution >= 4 is 11.4 Å². The molecule has 1 radical (unpaired) electrons. The molecule has 2 aromatic rings. The van der Waals surface area contributed by atoms with Gasteiger partial charge in [0.2, 0.25) is 0 Å². The van der Waals surface area contributed by atoms with E-state index in [0.717, 1.165) is 26.2 Å². The predicted octanol–water partition coefficient (Wildman–Crippen LogP) is 0.286. The van der Waals surface area contributed by atoms with Gasteiger partial charge < -0.3 is 49.9 Å². The Morgan fingerprint density at radius 2 is 0.969 bits per heavy atom. The van der Waals surface area contributed by atoms with Gasteiger partial charge in [0.25, 0.3) is 0 Å². The Labute approximate surface area is 228 Å². The molecule has 0 saturated heterocycles. The third-order valence-corrected chi connectivity index (χ3v) is 5.47. The zero-order chi connectivity index (χ0) is 21.6. The summed E-state index contributed by atoms with van der Waals surface area (Å²) < 4.78 is 0. The largest absolute Gasteiger partial charge is 2.00 e. The minimum Gasteiger partial charge on any atom is -1.00 e. The fourth-order valence-electron chi connectivity index (χ4n) is 4.09. The zero-order valence-electron chi connectivity index (χ0n) is 20.9. The molecule has 0 atom stereocenters. The van der Waals surface area contributed by atoms with Crippen LogP contribution in [0.4, 0.5) is 11.4 Å². The monoisotopic (exact) mass is 612 g/mol. The van der Waals surface area contributed by atoms with Crippen LogP contribution in [0.25, 0.3) is 0 Å². The van der Waals surface area contributed by atoms with Crippen LogP contribution in [0.5, 0.6) is 0 Å². The van der Waals surface area contributed by atoms with E-state index >= 15 is 0 Å². The van der Waals surface area contributed by atoms with E-state index in [0.29, 0.717) is 11.8 Å². The molecule has 0 aliphatic heterocycles. The Morgan fingerprint density at radius 1 is 0.594 bits per heavy atom. The fourth-order valence-corrected chi connectivity index (χ4v) is 4.09. The molecule has 0 aliphatic rings. The number of benzene rings is 2. The summed E-state index contributed by atoms with van der Waals surface area (Å²) in [4.78, 5) is 0. The van der Waals surface area contributed by atoms with Crippen molar-refractivity contribution in [2.24, 2.45) is 0 Å². The van der Waals surface area contributed by atoms with Crippen molar-refractivity contribution in [3.8, 4) is 0 Å². The van der Waals surface area contributed by atoms with Crippen molar-refractivity contribution in [3.05, 3.63) is 57.6 Å². The van der Waals surface area contributed by atoms with E-state index in [-0.39, 0.29) is 50.7 Å². The average Bonchev–Trinajstić information content (AvgIpc) is 2.62. The Morgan fingerprint density at radius 3 is 1.38 bits per heavy atom. The molecule has 0 aromatic heterocycles. The van der Waals surface area contributed by atoms with Gasteiger partial charge in [0.15, 0.2) is 0 Å². The Hall–Kier alpha value is -0.534. The predicted molar refractivity (Wildman–Crippen MR) is 130 cm³/mol. The first-order valence-corrected chi connectivity index (χ1v) is 11.1. The minimum absolute atomic E-state index is 0. The second-order valence-electron chi connectivity index (χ2n) is 9.01. The minimum atomic E-state index is 0. The van der Waals surface area contributed by atoms with Crippen LogP contribution in [-0.2, 0) is 16.8 Å². The number of halogens is 2. The summed E-state index contributed by atoms with van der Waals surface area (Å²) in [6.45, 7) is 21.6. The van der Waals surface area contributed by atoms with E-state index in [4.69, 9.17) is 0 Å². The van der Waals surface area contributed by atoms with Crippen molar-refractivity contribution in [1.82, 2.24) is 5.32 Å². The van der Waals surface area contributed by atoms with Crippen LogP contribution >= 0.6 is 0 Å². The molecule has 2 rings (SSSR count). The number of rotatable bonds is 10. The molecule has 32 heavy (non-hydrogen) atoms. The van der Waals surface area contributed by atoms with Crippen LogP contribution in [0.1, 0.15) is 72.9 Å². The molecule has 183 valence electrons. The van der Waals surface area contributed by atoms with Crippen LogP contribution in [-0.4, -0.2) is 26.2 Å². The van der Waals surface area contributed by atoms with Crippen LogP contribution in [0, 0.1) is 27.7 Å². The van der Waals surface area contributed by atoms with Crippen molar-refractivity contribution < 1.29 is 50.7 Å². The van der Waals surface area contributed by atoms with E-state index in [9.17, 15) is 0 Å². The molecule has 2 aromatic carbocycles. The normalized spacial score (nSPS) is 10.3. The molecule has 3 N–H and O–H groups in total. The second-order valence-corrected chi connectivity index (χ2v) is 9.01. The smallest absolute Gasteiger partial charge is 1.00 e. The van der Waals surface area contributed by atoms with Gasteiger partial charge in [-0.15, -0.1) is 0 Å². The molecule has 0 unspecified atom stereocenters. The molecule has 0 spiro atoms. The maximum absolute atomic E-state index is 3.72. The van der Waals surface area contributed by atoms with Gasteiger partial charge in [-0.05, 0) is 61.8 Å². The number of nitrogens with one attached hydrogen (secondary N) is 3. The molecular formula is C26H41Br2CoN3. The molecular weight excluding hydrogens is 573 g/mol. The van der Waals surface area contributed by atoms with Gasteiger partial charge in [0.1, 0.15) is 0 Å². The van der Waals surface area contributed by atoms with Gasteiger partial charge >= 0.3 is 16.8 Å². The Balaban J connectivity index is 0.